The van der Waals surface area contributed by atoms with Crippen molar-refractivity contribution in [2.75, 3.05) is 20.8 Å². The van der Waals surface area contributed by atoms with Crippen LogP contribution in [0.4, 0.5) is 0 Å². The second-order valence-electron chi connectivity index (χ2n) is 4.74. The molecule has 1 N–H and O–H groups in total. The lowest BCUT2D eigenvalue weighted by molar-refractivity contribution is -0.0482. The second kappa shape index (κ2) is 7.51. The summed E-state index contributed by atoms with van der Waals surface area (Å²) in [6, 6.07) is 8.44. The minimum Gasteiger partial charge on any atom is -0.497 e. The molecule has 0 aliphatic carbocycles. The molecule has 1 unspecified atom stereocenters. The zero-order valence-corrected chi connectivity index (χ0v) is 12.8. The monoisotopic (exact) mass is 265 g/mol. The van der Waals surface area contributed by atoms with Crippen molar-refractivity contribution in [1.82, 2.24) is 5.32 Å². The van der Waals surface area contributed by atoms with E-state index in [4.69, 9.17) is 9.47 Å². The van der Waals surface area contributed by atoms with E-state index in [9.17, 15) is 0 Å². The molecule has 1 aromatic carbocycles. The van der Waals surface area contributed by atoms with Gasteiger partial charge in [0.05, 0.1) is 18.8 Å². The lowest BCUT2D eigenvalue weighted by Crippen LogP contribution is -2.44. The minimum atomic E-state index is -0.162. The smallest absolute Gasteiger partial charge is 0.118 e. The normalized spacial score (nSPS) is 13.3. The van der Waals surface area contributed by atoms with Crippen LogP contribution in [0.3, 0.4) is 0 Å². The molecular formula is C16H27NO2. The summed E-state index contributed by atoms with van der Waals surface area (Å²) in [5, 5.41) is 3.56. The fourth-order valence-electron chi connectivity index (χ4n) is 2.67. The number of methoxy groups -OCH3 is 2. The molecule has 0 radical (unpaired) electrons. The van der Waals surface area contributed by atoms with Crippen molar-refractivity contribution in [2.24, 2.45) is 0 Å². The first-order valence-electron chi connectivity index (χ1n) is 7.09. The molecule has 0 heterocycles. The van der Waals surface area contributed by atoms with E-state index in [0.717, 1.165) is 25.1 Å². The van der Waals surface area contributed by atoms with Gasteiger partial charge in [-0.2, -0.15) is 0 Å². The van der Waals surface area contributed by atoms with E-state index in [1.54, 1.807) is 14.2 Å². The van der Waals surface area contributed by atoms with Gasteiger partial charge in [0.1, 0.15) is 5.75 Å². The van der Waals surface area contributed by atoms with Gasteiger partial charge >= 0.3 is 0 Å². The highest BCUT2D eigenvalue weighted by atomic mass is 16.5. The van der Waals surface area contributed by atoms with Crippen molar-refractivity contribution in [3.63, 3.8) is 0 Å². The van der Waals surface area contributed by atoms with Crippen molar-refractivity contribution in [2.45, 2.75) is 45.3 Å². The Bertz CT molecular complexity index is 349. The van der Waals surface area contributed by atoms with E-state index < -0.39 is 0 Å². The van der Waals surface area contributed by atoms with Gasteiger partial charge in [-0.25, -0.2) is 0 Å². The molecule has 0 fully saturated rings. The molecule has 1 rings (SSSR count). The Kier molecular flexibility index (Phi) is 6.32. The SMILES string of the molecule is CCNC(c1ccc(OC)cc1)C(CC)(CC)OC. The molecule has 0 aliphatic heterocycles. The Hall–Kier alpha value is -1.06. The standard InChI is InChI=1S/C16H27NO2/c1-6-16(7-2,19-5)15(17-8-3)13-9-11-14(18-4)12-10-13/h9-12,15,17H,6-8H2,1-5H3. The van der Waals surface area contributed by atoms with E-state index in [1.165, 1.54) is 5.56 Å². The van der Waals surface area contributed by atoms with Crippen LogP contribution in [-0.4, -0.2) is 26.4 Å². The van der Waals surface area contributed by atoms with Gasteiger partial charge in [0, 0.05) is 7.11 Å². The molecule has 1 aromatic rings. The van der Waals surface area contributed by atoms with Gasteiger partial charge in [-0.15, -0.1) is 0 Å². The molecule has 19 heavy (non-hydrogen) atoms. The number of benzene rings is 1. The molecule has 3 nitrogen and oxygen atoms in total. The van der Waals surface area contributed by atoms with Crippen molar-refractivity contribution >= 4 is 0 Å². The third-order valence-electron chi connectivity index (χ3n) is 3.99. The van der Waals surface area contributed by atoms with E-state index in [0.29, 0.717) is 0 Å². The Morgan fingerprint density at radius 2 is 1.63 bits per heavy atom. The predicted octanol–water partition coefficient (Wildman–Crippen LogP) is 3.55. The van der Waals surface area contributed by atoms with Gasteiger partial charge < -0.3 is 14.8 Å². The maximum Gasteiger partial charge on any atom is 0.118 e. The molecule has 0 bridgehead atoms. The van der Waals surface area contributed by atoms with Crippen LogP contribution in [0.2, 0.25) is 0 Å². The van der Waals surface area contributed by atoms with Crippen LogP contribution in [0.25, 0.3) is 0 Å². The summed E-state index contributed by atoms with van der Waals surface area (Å²) in [4.78, 5) is 0. The van der Waals surface area contributed by atoms with Gasteiger partial charge in [-0.05, 0) is 37.1 Å². The fraction of sp³-hybridized carbons (Fsp3) is 0.625. The van der Waals surface area contributed by atoms with Crippen molar-refractivity contribution in [1.29, 1.82) is 0 Å². The number of ether oxygens (including phenoxy) is 2. The Labute approximate surface area is 117 Å². The molecule has 0 aliphatic rings. The fourth-order valence-corrected chi connectivity index (χ4v) is 2.67. The van der Waals surface area contributed by atoms with E-state index in [-0.39, 0.29) is 11.6 Å². The average molecular weight is 265 g/mol. The lowest BCUT2D eigenvalue weighted by atomic mass is 9.83. The predicted molar refractivity (Wildman–Crippen MR) is 79.7 cm³/mol. The van der Waals surface area contributed by atoms with E-state index in [1.807, 2.05) is 12.1 Å². The molecule has 3 heteroatoms. The highest BCUT2D eigenvalue weighted by Crippen LogP contribution is 2.35. The number of rotatable bonds is 8. The summed E-state index contributed by atoms with van der Waals surface area (Å²) in [6.07, 6.45) is 1.95. The molecule has 0 amide bonds. The van der Waals surface area contributed by atoms with E-state index >= 15 is 0 Å². The zero-order chi connectivity index (χ0) is 14.3. The Balaban J connectivity index is 3.10. The van der Waals surface area contributed by atoms with Gasteiger partial charge in [0.15, 0.2) is 0 Å². The summed E-state index contributed by atoms with van der Waals surface area (Å²) in [5.41, 5.74) is 1.08. The Morgan fingerprint density at radius 1 is 1.05 bits per heavy atom. The van der Waals surface area contributed by atoms with Crippen LogP contribution in [0.1, 0.15) is 45.2 Å². The highest BCUT2D eigenvalue weighted by molar-refractivity contribution is 5.30. The summed E-state index contributed by atoms with van der Waals surface area (Å²) >= 11 is 0. The topological polar surface area (TPSA) is 30.5 Å². The first-order valence-corrected chi connectivity index (χ1v) is 7.09. The van der Waals surface area contributed by atoms with Crippen LogP contribution < -0.4 is 10.1 Å². The minimum absolute atomic E-state index is 0.162. The third kappa shape index (κ3) is 3.48. The van der Waals surface area contributed by atoms with Crippen molar-refractivity contribution in [3.8, 4) is 5.75 Å². The second-order valence-corrected chi connectivity index (χ2v) is 4.74. The van der Waals surface area contributed by atoms with Crippen molar-refractivity contribution in [3.05, 3.63) is 29.8 Å². The van der Waals surface area contributed by atoms with Crippen LogP contribution in [0.15, 0.2) is 24.3 Å². The molecule has 1 atom stereocenters. The number of likely N-dealkylation sites (N-methyl/N-ethyl adjacent to an activating group) is 1. The van der Waals surface area contributed by atoms with Crippen molar-refractivity contribution < 1.29 is 9.47 Å². The number of hydrogen-bond acceptors (Lipinski definition) is 3. The largest absolute Gasteiger partial charge is 0.497 e. The quantitative estimate of drug-likeness (QED) is 0.779. The Morgan fingerprint density at radius 3 is 2.00 bits per heavy atom. The lowest BCUT2D eigenvalue weighted by Gasteiger charge is -2.39. The molecule has 0 saturated carbocycles. The number of nitrogens with one attached hydrogen (secondary N) is 1. The van der Waals surface area contributed by atoms with Gasteiger partial charge in [-0.1, -0.05) is 32.9 Å². The van der Waals surface area contributed by atoms with Crippen LogP contribution in [-0.2, 0) is 4.74 Å². The summed E-state index contributed by atoms with van der Waals surface area (Å²) in [7, 11) is 3.50. The zero-order valence-electron chi connectivity index (χ0n) is 12.8. The molecule has 0 saturated heterocycles. The van der Waals surface area contributed by atoms with Gasteiger partial charge in [0.25, 0.3) is 0 Å². The average Bonchev–Trinajstić information content (AvgIpc) is 2.48. The summed E-state index contributed by atoms with van der Waals surface area (Å²) < 4.78 is 11.1. The van der Waals surface area contributed by atoms with Crippen LogP contribution in [0.5, 0.6) is 5.75 Å². The van der Waals surface area contributed by atoms with Gasteiger partial charge in [-0.3, -0.25) is 0 Å². The maximum atomic E-state index is 5.87. The first-order chi connectivity index (χ1) is 9.17. The highest BCUT2D eigenvalue weighted by Gasteiger charge is 2.36. The summed E-state index contributed by atoms with van der Waals surface area (Å²) in [5.74, 6) is 0.884. The summed E-state index contributed by atoms with van der Waals surface area (Å²) in [6.45, 7) is 7.41. The molecule has 0 aromatic heterocycles. The molecular weight excluding hydrogens is 238 g/mol. The first kappa shape index (κ1) is 16.0. The van der Waals surface area contributed by atoms with Crippen LogP contribution >= 0.6 is 0 Å². The van der Waals surface area contributed by atoms with E-state index in [2.05, 4.69) is 38.2 Å². The third-order valence-corrected chi connectivity index (χ3v) is 3.99. The number of hydrogen-bond donors (Lipinski definition) is 1. The van der Waals surface area contributed by atoms with Gasteiger partial charge in [0.2, 0.25) is 0 Å². The molecule has 0 spiro atoms. The molecule has 108 valence electrons. The van der Waals surface area contributed by atoms with Crippen LogP contribution in [0, 0.1) is 0 Å². The maximum absolute atomic E-state index is 5.87.